The van der Waals surface area contributed by atoms with E-state index in [2.05, 4.69) is 10.3 Å². The molecule has 1 N–H and O–H groups in total. The molecule has 3 rings (SSSR count). The van der Waals surface area contributed by atoms with Crippen LogP contribution >= 0.6 is 0 Å². The van der Waals surface area contributed by atoms with Crippen LogP contribution in [0.15, 0.2) is 28.9 Å². The Morgan fingerprint density at radius 3 is 2.53 bits per heavy atom. The van der Waals surface area contributed by atoms with Crippen molar-refractivity contribution in [3.8, 4) is 0 Å². The molecule has 3 amide bonds. The van der Waals surface area contributed by atoms with Crippen LogP contribution in [0.25, 0.3) is 0 Å². The van der Waals surface area contributed by atoms with E-state index in [-0.39, 0.29) is 42.3 Å². The summed E-state index contributed by atoms with van der Waals surface area (Å²) < 4.78 is 0. The SMILES string of the molecule is CC1=CN2C(=NC(=O)C[C@@]2(C)C(=O)N(CC(=O)NC(C)(C)C)C2CCCCC2)C=C1. The van der Waals surface area contributed by atoms with Gasteiger partial charge in [0.2, 0.25) is 11.8 Å². The van der Waals surface area contributed by atoms with Gasteiger partial charge in [0.05, 0.1) is 13.0 Å². The second-order valence-electron chi connectivity index (χ2n) is 9.91. The molecular formula is C23H34N4O3. The summed E-state index contributed by atoms with van der Waals surface area (Å²) in [6.45, 7) is 9.52. The molecule has 0 aromatic carbocycles. The number of amidine groups is 1. The lowest BCUT2D eigenvalue weighted by atomic mass is 9.87. The van der Waals surface area contributed by atoms with Gasteiger partial charge in [0.1, 0.15) is 11.4 Å². The molecule has 0 unspecified atom stereocenters. The molecule has 30 heavy (non-hydrogen) atoms. The predicted octanol–water partition coefficient (Wildman–Crippen LogP) is 2.93. The van der Waals surface area contributed by atoms with Gasteiger partial charge in [-0.05, 0) is 59.1 Å². The van der Waals surface area contributed by atoms with Crippen LogP contribution in [0.3, 0.4) is 0 Å². The Labute approximate surface area is 179 Å². The van der Waals surface area contributed by atoms with E-state index in [1.54, 1.807) is 17.9 Å². The topological polar surface area (TPSA) is 82.1 Å². The number of hydrogen-bond acceptors (Lipinski definition) is 4. The van der Waals surface area contributed by atoms with Crippen LogP contribution in [0, 0.1) is 0 Å². The fraction of sp³-hybridized carbons (Fsp3) is 0.652. The lowest BCUT2D eigenvalue weighted by Gasteiger charge is -2.46. The first kappa shape index (κ1) is 22.2. The second kappa shape index (κ2) is 8.36. The van der Waals surface area contributed by atoms with Crippen LogP contribution in [0.2, 0.25) is 0 Å². The number of nitrogens with zero attached hydrogens (tertiary/aromatic N) is 3. The largest absolute Gasteiger partial charge is 0.350 e. The molecule has 2 heterocycles. The first-order valence-electron chi connectivity index (χ1n) is 10.9. The molecule has 2 aliphatic heterocycles. The second-order valence-corrected chi connectivity index (χ2v) is 9.91. The van der Waals surface area contributed by atoms with Gasteiger partial charge in [0.25, 0.3) is 5.91 Å². The molecule has 1 fully saturated rings. The number of rotatable bonds is 4. The number of allylic oxidation sites excluding steroid dienone is 2. The van der Waals surface area contributed by atoms with Gasteiger partial charge in [0.15, 0.2) is 0 Å². The summed E-state index contributed by atoms with van der Waals surface area (Å²) in [5.74, 6) is -0.183. The molecule has 0 bridgehead atoms. The normalized spacial score (nSPS) is 24.7. The van der Waals surface area contributed by atoms with Crippen molar-refractivity contribution in [3.63, 3.8) is 0 Å². The predicted molar refractivity (Wildman–Crippen MR) is 117 cm³/mol. The number of carbonyl (C=O) groups excluding carboxylic acids is 3. The summed E-state index contributed by atoms with van der Waals surface area (Å²) in [5.41, 5.74) is -0.489. The number of fused-ring (bicyclic) bond motifs is 1. The number of nitrogens with one attached hydrogen (secondary N) is 1. The van der Waals surface area contributed by atoms with Gasteiger partial charge in [-0.3, -0.25) is 14.4 Å². The van der Waals surface area contributed by atoms with E-state index in [0.717, 1.165) is 37.7 Å². The van der Waals surface area contributed by atoms with Gasteiger partial charge >= 0.3 is 0 Å². The number of carbonyl (C=O) groups is 3. The van der Waals surface area contributed by atoms with Gasteiger partial charge < -0.3 is 15.1 Å². The van der Waals surface area contributed by atoms with Crippen molar-refractivity contribution in [1.82, 2.24) is 15.1 Å². The molecular weight excluding hydrogens is 380 g/mol. The van der Waals surface area contributed by atoms with E-state index >= 15 is 0 Å². The molecule has 1 aliphatic carbocycles. The lowest BCUT2D eigenvalue weighted by Crippen LogP contribution is -2.63. The third-order valence-corrected chi connectivity index (χ3v) is 5.91. The van der Waals surface area contributed by atoms with Gasteiger partial charge in [-0.25, -0.2) is 0 Å². The van der Waals surface area contributed by atoms with Crippen molar-refractivity contribution in [1.29, 1.82) is 0 Å². The Kier molecular flexibility index (Phi) is 6.20. The summed E-state index contributed by atoms with van der Waals surface area (Å²) >= 11 is 0. The number of amides is 3. The Morgan fingerprint density at radius 1 is 1.23 bits per heavy atom. The van der Waals surface area contributed by atoms with Gasteiger partial charge in [-0.1, -0.05) is 25.3 Å². The summed E-state index contributed by atoms with van der Waals surface area (Å²) in [6.07, 6.45) is 10.5. The van der Waals surface area contributed by atoms with Gasteiger partial charge in [-0.15, -0.1) is 0 Å². The first-order valence-corrected chi connectivity index (χ1v) is 10.9. The maximum absolute atomic E-state index is 14.0. The molecule has 7 nitrogen and oxygen atoms in total. The highest BCUT2D eigenvalue weighted by Crippen LogP contribution is 2.33. The zero-order valence-corrected chi connectivity index (χ0v) is 18.8. The van der Waals surface area contributed by atoms with Crippen LogP contribution < -0.4 is 5.32 Å². The van der Waals surface area contributed by atoms with Crippen LogP contribution in [0.4, 0.5) is 0 Å². The minimum absolute atomic E-state index is 0.00291. The molecule has 7 heteroatoms. The van der Waals surface area contributed by atoms with Crippen molar-refractivity contribution in [2.75, 3.05) is 6.54 Å². The van der Waals surface area contributed by atoms with Gasteiger partial charge in [0, 0.05) is 17.8 Å². The quantitative estimate of drug-likeness (QED) is 0.767. The summed E-state index contributed by atoms with van der Waals surface area (Å²) in [5, 5.41) is 2.97. The van der Waals surface area contributed by atoms with Crippen LogP contribution in [-0.4, -0.2) is 57.0 Å². The molecule has 0 saturated heterocycles. The van der Waals surface area contributed by atoms with E-state index in [1.165, 1.54) is 0 Å². The fourth-order valence-electron chi connectivity index (χ4n) is 4.49. The third-order valence-electron chi connectivity index (χ3n) is 5.91. The van der Waals surface area contributed by atoms with Gasteiger partial charge in [-0.2, -0.15) is 4.99 Å². The average molecular weight is 415 g/mol. The van der Waals surface area contributed by atoms with E-state index in [4.69, 9.17) is 0 Å². The Bertz CT molecular complexity index is 815. The Balaban J connectivity index is 1.92. The van der Waals surface area contributed by atoms with Crippen molar-refractivity contribution in [3.05, 3.63) is 23.9 Å². The molecule has 1 atom stereocenters. The van der Waals surface area contributed by atoms with Crippen molar-refractivity contribution < 1.29 is 14.4 Å². The minimum atomic E-state index is -1.10. The van der Waals surface area contributed by atoms with E-state index in [9.17, 15) is 14.4 Å². The fourth-order valence-corrected chi connectivity index (χ4v) is 4.49. The summed E-state index contributed by atoms with van der Waals surface area (Å²) in [4.78, 5) is 46.8. The highest BCUT2D eigenvalue weighted by Gasteiger charge is 2.49. The molecule has 164 valence electrons. The van der Waals surface area contributed by atoms with Crippen LogP contribution in [0.5, 0.6) is 0 Å². The standard InChI is InChI=1S/C23H34N4O3/c1-16-11-12-18-24-19(28)13-23(5,27(18)14-16)21(30)26(17-9-7-6-8-10-17)15-20(29)25-22(2,3)4/h11-12,14,17H,6-10,13,15H2,1-5H3,(H,25,29)/t23-/m0/s1. The zero-order valence-electron chi connectivity index (χ0n) is 18.8. The molecule has 0 aromatic rings. The maximum atomic E-state index is 14.0. The van der Waals surface area contributed by atoms with Crippen LogP contribution in [-0.2, 0) is 14.4 Å². The van der Waals surface area contributed by atoms with Crippen molar-refractivity contribution >= 4 is 23.6 Å². The molecule has 0 aromatic heterocycles. The van der Waals surface area contributed by atoms with E-state index in [0.29, 0.717) is 5.84 Å². The minimum Gasteiger partial charge on any atom is -0.350 e. The van der Waals surface area contributed by atoms with Crippen molar-refractivity contribution in [2.24, 2.45) is 4.99 Å². The zero-order chi connectivity index (χ0) is 22.1. The molecule has 0 spiro atoms. The van der Waals surface area contributed by atoms with E-state index < -0.39 is 5.54 Å². The smallest absolute Gasteiger partial charge is 0.250 e. The summed E-state index contributed by atoms with van der Waals surface area (Å²) in [6, 6.07) is 0.0108. The average Bonchev–Trinajstić information content (AvgIpc) is 2.65. The third kappa shape index (κ3) is 4.82. The first-order chi connectivity index (χ1) is 14.0. The van der Waals surface area contributed by atoms with Crippen LogP contribution in [0.1, 0.15) is 73.1 Å². The Morgan fingerprint density at radius 2 is 1.90 bits per heavy atom. The number of hydrogen-bond donors (Lipinski definition) is 1. The Hall–Kier alpha value is -2.44. The molecule has 3 aliphatic rings. The highest BCUT2D eigenvalue weighted by molar-refractivity contribution is 6.10. The molecule has 1 saturated carbocycles. The lowest BCUT2D eigenvalue weighted by molar-refractivity contribution is -0.149. The highest BCUT2D eigenvalue weighted by atomic mass is 16.2. The van der Waals surface area contributed by atoms with Crippen molar-refractivity contribution in [2.45, 2.75) is 90.3 Å². The number of aliphatic imine (C=N–C) groups is 1. The summed E-state index contributed by atoms with van der Waals surface area (Å²) in [7, 11) is 0. The molecule has 0 radical (unpaired) electrons. The van der Waals surface area contributed by atoms with E-state index in [1.807, 2.05) is 44.9 Å². The maximum Gasteiger partial charge on any atom is 0.250 e. The monoisotopic (exact) mass is 414 g/mol.